The van der Waals surface area contributed by atoms with Crippen LogP contribution < -0.4 is 10.1 Å². The molecule has 1 N–H and O–H groups in total. The molecule has 8 heteroatoms. The topological polar surface area (TPSA) is 82.2 Å². The van der Waals surface area contributed by atoms with Gasteiger partial charge in [0, 0.05) is 18.2 Å². The highest BCUT2D eigenvalue weighted by atomic mass is 32.2. The van der Waals surface area contributed by atoms with Crippen LogP contribution in [-0.4, -0.2) is 39.6 Å². The number of rotatable bonds is 9. The first-order chi connectivity index (χ1) is 15.3. The van der Waals surface area contributed by atoms with E-state index in [1.165, 1.54) is 19.3 Å². The van der Waals surface area contributed by atoms with Crippen molar-refractivity contribution in [1.29, 1.82) is 0 Å². The highest BCUT2D eigenvalue weighted by molar-refractivity contribution is 7.99. The second kappa shape index (κ2) is 10.5. The molecule has 1 aliphatic rings. The molecule has 2 aromatic heterocycles. The summed E-state index contributed by atoms with van der Waals surface area (Å²) in [5, 5.41) is 12.7. The molecular formula is C23H28N4O3S. The third-order valence-corrected chi connectivity index (χ3v) is 6.47. The Kier molecular flexibility index (Phi) is 7.30. The first-order valence-corrected chi connectivity index (χ1v) is 11.8. The molecule has 31 heavy (non-hydrogen) atoms. The summed E-state index contributed by atoms with van der Waals surface area (Å²) in [6.45, 7) is 0. The average molecular weight is 441 g/mol. The van der Waals surface area contributed by atoms with Gasteiger partial charge in [-0.2, -0.15) is 0 Å². The number of ether oxygens (including phenoxy) is 1. The van der Waals surface area contributed by atoms with Crippen LogP contribution >= 0.6 is 11.8 Å². The van der Waals surface area contributed by atoms with E-state index in [2.05, 4.69) is 15.5 Å². The van der Waals surface area contributed by atoms with Crippen LogP contribution in [0.25, 0.3) is 17.3 Å². The van der Waals surface area contributed by atoms with Gasteiger partial charge in [0.1, 0.15) is 5.75 Å². The van der Waals surface area contributed by atoms with Crippen molar-refractivity contribution in [3.05, 3.63) is 42.7 Å². The lowest BCUT2D eigenvalue weighted by atomic mass is 9.95. The Morgan fingerprint density at radius 2 is 2.03 bits per heavy atom. The molecule has 0 aliphatic heterocycles. The molecule has 0 spiro atoms. The van der Waals surface area contributed by atoms with Gasteiger partial charge in [0.15, 0.2) is 10.9 Å². The van der Waals surface area contributed by atoms with Crippen molar-refractivity contribution in [2.75, 3.05) is 12.9 Å². The number of furan rings is 1. The second-order valence-electron chi connectivity index (χ2n) is 7.65. The van der Waals surface area contributed by atoms with Crippen LogP contribution in [0, 0.1) is 0 Å². The van der Waals surface area contributed by atoms with Gasteiger partial charge < -0.3 is 14.5 Å². The number of carbonyl (C=O) groups is 1. The quantitative estimate of drug-likeness (QED) is 0.378. The maximum absolute atomic E-state index is 12.3. The number of amides is 1. The minimum Gasteiger partial charge on any atom is -0.495 e. The van der Waals surface area contributed by atoms with E-state index in [4.69, 9.17) is 9.15 Å². The first kappa shape index (κ1) is 21.5. The summed E-state index contributed by atoms with van der Waals surface area (Å²) in [5.74, 6) is 2.90. The third-order valence-electron chi connectivity index (χ3n) is 5.45. The standard InChI is InChI=1S/C23H28N4O3S/c1-29-19-12-6-5-11-18(19)27-22(20-13-7-15-30-20)25-26-23(27)31-16-8-14-21(28)24-17-9-3-2-4-10-17/h5-7,11-13,15,17H,2-4,8-10,14,16H2,1H3,(H,24,28). The SMILES string of the molecule is COc1ccccc1-n1c(SCCCC(=O)NC2CCCCC2)nnc1-c1ccco1. The lowest BCUT2D eigenvalue weighted by Crippen LogP contribution is -2.36. The van der Waals surface area contributed by atoms with Gasteiger partial charge in [0.25, 0.3) is 0 Å². The average Bonchev–Trinajstić information content (AvgIpc) is 3.47. The summed E-state index contributed by atoms with van der Waals surface area (Å²) < 4.78 is 13.1. The van der Waals surface area contributed by atoms with E-state index >= 15 is 0 Å². The number of thioether (sulfide) groups is 1. The monoisotopic (exact) mass is 440 g/mol. The number of hydrogen-bond donors (Lipinski definition) is 1. The lowest BCUT2D eigenvalue weighted by molar-refractivity contribution is -0.122. The van der Waals surface area contributed by atoms with Crippen LogP contribution in [0.5, 0.6) is 5.75 Å². The Hall–Kier alpha value is -2.74. The van der Waals surface area contributed by atoms with E-state index in [-0.39, 0.29) is 5.91 Å². The molecule has 1 amide bonds. The molecule has 4 rings (SSSR count). The number of hydrogen-bond acceptors (Lipinski definition) is 6. The molecule has 1 saturated carbocycles. The smallest absolute Gasteiger partial charge is 0.220 e. The fraction of sp³-hybridized carbons (Fsp3) is 0.435. The van der Waals surface area contributed by atoms with E-state index in [0.29, 0.717) is 24.0 Å². The van der Waals surface area contributed by atoms with Crippen LogP contribution in [-0.2, 0) is 4.79 Å². The zero-order valence-corrected chi connectivity index (χ0v) is 18.6. The maximum atomic E-state index is 12.3. The Bertz CT molecular complexity index is 981. The van der Waals surface area contributed by atoms with Gasteiger partial charge in [0.2, 0.25) is 11.7 Å². The molecule has 3 aromatic rings. The van der Waals surface area contributed by atoms with E-state index in [1.54, 1.807) is 25.1 Å². The molecule has 0 atom stereocenters. The molecule has 1 fully saturated rings. The lowest BCUT2D eigenvalue weighted by Gasteiger charge is -2.22. The molecule has 0 bridgehead atoms. The summed E-state index contributed by atoms with van der Waals surface area (Å²) >= 11 is 1.58. The molecule has 2 heterocycles. The molecule has 1 aromatic carbocycles. The van der Waals surface area contributed by atoms with Crippen molar-refractivity contribution in [3.8, 4) is 23.0 Å². The number of nitrogens with one attached hydrogen (secondary N) is 1. The van der Waals surface area contributed by atoms with Crippen LogP contribution in [0.3, 0.4) is 0 Å². The highest BCUT2D eigenvalue weighted by Gasteiger charge is 2.20. The predicted octanol–water partition coefficient (Wildman–Crippen LogP) is 4.86. The molecule has 0 radical (unpaired) electrons. The van der Waals surface area contributed by atoms with Gasteiger partial charge >= 0.3 is 0 Å². The van der Waals surface area contributed by atoms with Crippen LogP contribution in [0.15, 0.2) is 52.2 Å². The number of carbonyl (C=O) groups excluding carboxylic acids is 1. The van der Waals surface area contributed by atoms with Gasteiger partial charge in [-0.1, -0.05) is 43.2 Å². The predicted molar refractivity (Wildman–Crippen MR) is 121 cm³/mol. The van der Waals surface area contributed by atoms with Gasteiger partial charge in [-0.25, -0.2) is 0 Å². The molecule has 7 nitrogen and oxygen atoms in total. The van der Waals surface area contributed by atoms with Gasteiger partial charge in [-0.15, -0.1) is 10.2 Å². The van der Waals surface area contributed by atoms with Crippen LogP contribution in [0.4, 0.5) is 0 Å². The fourth-order valence-corrected chi connectivity index (χ4v) is 4.79. The zero-order chi connectivity index (χ0) is 21.5. The maximum Gasteiger partial charge on any atom is 0.220 e. The van der Waals surface area contributed by atoms with E-state index in [1.807, 2.05) is 41.0 Å². The minimum atomic E-state index is 0.148. The number of aromatic nitrogens is 3. The Labute approximate surface area is 186 Å². The largest absolute Gasteiger partial charge is 0.495 e. The van der Waals surface area contributed by atoms with Gasteiger partial charge in [0.05, 0.1) is 19.1 Å². The number of benzene rings is 1. The Balaban J connectivity index is 1.43. The number of nitrogens with zero attached hydrogens (tertiary/aromatic N) is 3. The first-order valence-electron chi connectivity index (χ1n) is 10.8. The molecule has 0 saturated heterocycles. The summed E-state index contributed by atoms with van der Waals surface area (Å²) in [7, 11) is 1.65. The van der Waals surface area contributed by atoms with E-state index in [0.717, 1.165) is 41.6 Å². The Morgan fingerprint density at radius 3 is 2.81 bits per heavy atom. The van der Waals surface area contributed by atoms with Crippen molar-refractivity contribution in [2.24, 2.45) is 0 Å². The van der Waals surface area contributed by atoms with Crippen molar-refractivity contribution in [3.63, 3.8) is 0 Å². The normalized spacial score (nSPS) is 14.5. The summed E-state index contributed by atoms with van der Waals surface area (Å²) in [6, 6.07) is 11.8. The van der Waals surface area contributed by atoms with Gasteiger partial charge in [-0.3, -0.25) is 9.36 Å². The molecule has 0 unspecified atom stereocenters. The van der Waals surface area contributed by atoms with Crippen molar-refractivity contribution >= 4 is 17.7 Å². The third kappa shape index (κ3) is 5.31. The summed E-state index contributed by atoms with van der Waals surface area (Å²) in [4.78, 5) is 12.3. The number of para-hydroxylation sites is 2. The highest BCUT2D eigenvalue weighted by Crippen LogP contribution is 2.32. The van der Waals surface area contributed by atoms with Crippen molar-refractivity contribution in [2.45, 2.75) is 56.1 Å². The second-order valence-corrected chi connectivity index (χ2v) is 8.71. The summed E-state index contributed by atoms with van der Waals surface area (Å²) in [5.41, 5.74) is 0.846. The molecule has 1 aliphatic carbocycles. The minimum absolute atomic E-state index is 0.148. The zero-order valence-electron chi connectivity index (χ0n) is 17.8. The fourth-order valence-electron chi connectivity index (χ4n) is 3.90. The number of methoxy groups -OCH3 is 1. The molecular weight excluding hydrogens is 412 g/mol. The Morgan fingerprint density at radius 1 is 1.19 bits per heavy atom. The van der Waals surface area contributed by atoms with Crippen LogP contribution in [0.2, 0.25) is 0 Å². The van der Waals surface area contributed by atoms with E-state index < -0.39 is 0 Å². The summed E-state index contributed by atoms with van der Waals surface area (Å²) in [6.07, 6.45) is 8.87. The van der Waals surface area contributed by atoms with Gasteiger partial charge in [-0.05, 0) is 43.5 Å². The van der Waals surface area contributed by atoms with E-state index in [9.17, 15) is 4.79 Å². The molecule has 164 valence electrons. The van der Waals surface area contributed by atoms with Crippen molar-refractivity contribution in [1.82, 2.24) is 20.1 Å². The van der Waals surface area contributed by atoms with Crippen molar-refractivity contribution < 1.29 is 13.9 Å². The van der Waals surface area contributed by atoms with Crippen LogP contribution in [0.1, 0.15) is 44.9 Å².